The molecule has 0 atom stereocenters. The van der Waals surface area contributed by atoms with Gasteiger partial charge in [-0.2, -0.15) is 5.10 Å². The second kappa shape index (κ2) is 7.34. The van der Waals surface area contributed by atoms with E-state index in [4.69, 9.17) is 11.6 Å². The molecule has 0 aliphatic heterocycles. The van der Waals surface area contributed by atoms with E-state index in [9.17, 15) is 4.79 Å². The van der Waals surface area contributed by atoms with Crippen molar-refractivity contribution >= 4 is 23.2 Å². The largest absolute Gasteiger partial charge is 0.322 e. The predicted octanol–water partition coefficient (Wildman–Crippen LogP) is 4.72. The van der Waals surface area contributed by atoms with E-state index >= 15 is 0 Å². The van der Waals surface area contributed by atoms with E-state index < -0.39 is 0 Å². The van der Waals surface area contributed by atoms with Crippen molar-refractivity contribution in [3.63, 3.8) is 0 Å². The molecule has 1 aliphatic carbocycles. The maximum absolute atomic E-state index is 12.6. The molecule has 0 saturated carbocycles. The minimum Gasteiger partial charge on any atom is -0.322 e. The first-order valence-corrected chi connectivity index (χ1v) is 9.26. The number of fused-ring (bicyclic) bond motifs is 1. The number of hydrogen-bond acceptors (Lipinski definition) is 2. The van der Waals surface area contributed by atoms with Gasteiger partial charge in [0.1, 0.15) is 0 Å². The average molecular weight is 366 g/mol. The quantitative estimate of drug-likeness (QED) is 0.727. The molecule has 0 unspecified atom stereocenters. The summed E-state index contributed by atoms with van der Waals surface area (Å²) in [7, 11) is 0. The van der Waals surface area contributed by atoms with E-state index in [2.05, 4.69) is 16.5 Å². The zero-order chi connectivity index (χ0) is 17.9. The monoisotopic (exact) mass is 365 g/mol. The number of aryl methyl sites for hydroxylation is 1. The van der Waals surface area contributed by atoms with Crippen LogP contribution < -0.4 is 5.32 Å². The molecule has 1 aromatic heterocycles. The molecule has 3 aromatic rings. The molecule has 0 saturated heterocycles. The second-order valence-electron chi connectivity index (χ2n) is 6.62. The molecule has 1 amide bonds. The first-order chi connectivity index (χ1) is 12.7. The lowest BCUT2D eigenvalue weighted by Gasteiger charge is -2.19. The fourth-order valence-corrected chi connectivity index (χ4v) is 3.66. The van der Waals surface area contributed by atoms with Crippen LogP contribution in [0.1, 0.15) is 39.9 Å². The number of carbonyl (C=O) groups is 1. The number of amides is 1. The van der Waals surface area contributed by atoms with Crippen LogP contribution in [0, 0.1) is 0 Å². The van der Waals surface area contributed by atoms with Gasteiger partial charge in [-0.3, -0.25) is 9.48 Å². The predicted molar refractivity (Wildman–Crippen MR) is 104 cm³/mol. The smallest absolute Gasteiger partial charge is 0.258 e. The highest BCUT2D eigenvalue weighted by Crippen LogP contribution is 2.28. The van der Waals surface area contributed by atoms with E-state index in [1.807, 2.05) is 36.4 Å². The molecule has 1 N–H and O–H groups in total. The Morgan fingerprint density at radius 1 is 1.12 bits per heavy atom. The van der Waals surface area contributed by atoms with Gasteiger partial charge in [0.15, 0.2) is 0 Å². The Hall–Kier alpha value is -2.59. The van der Waals surface area contributed by atoms with Crippen LogP contribution in [-0.2, 0) is 19.4 Å². The lowest BCUT2D eigenvalue weighted by Crippen LogP contribution is -2.15. The van der Waals surface area contributed by atoms with Crippen molar-refractivity contribution in [1.29, 1.82) is 0 Å². The number of hydrogen-bond donors (Lipinski definition) is 1. The minimum atomic E-state index is -0.130. The fourth-order valence-electron chi connectivity index (χ4n) is 3.46. The molecule has 4 nitrogen and oxygen atoms in total. The van der Waals surface area contributed by atoms with Gasteiger partial charge < -0.3 is 5.32 Å². The second-order valence-corrected chi connectivity index (χ2v) is 7.03. The molecule has 0 fully saturated rings. The van der Waals surface area contributed by atoms with Crippen LogP contribution in [0.4, 0.5) is 5.69 Å². The Morgan fingerprint density at radius 3 is 2.85 bits per heavy atom. The molecule has 0 radical (unpaired) electrons. The van der Waals surface area contributed by atoms with E-state index in [0.717, 1.165) is 24.1 Å². The van der Waals surface area contributed by atoms with Crippen LogP contribution in [0.5, 0.6) is 0 Å². The fraction of sp³-hybridized carbons (Fsp3) is 0.238. The van der Waals surface area contributed by atoms with Gasteiger partial charge in [-0.05, 0) is 54.5 Å². The van der Waals surface area contributed by atoms with Crippen molar-refractivity contribution in [2.24, 2.45) is 0 Å². The molecule has 1 aliphatic rings. The lowest BCUT2D eigenvalue weighted by molar-refractivity contribution is 0.102. The molecule has 5 heteroatoms. The average Bonchev–Trinajstić information content (AvgIpc) is 3.13. The summed E-state index contributed by atoms with van der Waals surface area (Å²) in [5.74, 6) is -0.130. The molecule has 0 bridgehead atoms. The SMILES string of the molecule is O=C(Nc1cccc2c1CCCC2)c1cnn(Cc2ccccc2Cl)c1. The topological polar surface area (TPSA) is 46.9 Å². The molecule has 26 heavy (non-hydrogen) atoms. The van der Waals surface area contributed by atoms with Crippen LogP contribution in [0.25, 0.3) is 0 Å². The highest BCUT2D eigenvalue weighted by atomic mass is 35.5. The molecular formula is C21H20ClN3O. The standard InChI is InChI=1S/C21H20ClN3O/c22-19-10-4-2-7-16(19)13-25-14-17(12-23-25)21(26)24-20-11-5-8-15-6-1-3-9-18(15)20/h2,4-5,7-8,10-12,14H,1,3,6,9,13H2,(H,24,26). The van der Waals surface area contributed by atoms with Gasteiger partial charge in [0, 0.05) is 16.9 Å². The first kappa shape index (κ1) is 16.9. The normalized spacial score (nSPS) is 13.3. The van der Waals surface area contributed by atoms with Gasteiger partial charge in [0.05, 0.1) is 18.3 Å². The number of benzene rings is 2. The van der Waals surface area contributed by atoms with E-state index in [-0.39, 0.29) is 5.91 Å². The summed E-state index contributed by atoms with van der Waals surface area (Å²) in [6, 6.07) is 13.8. The van der Waals surface area contributed by atoms with E-state index in [0.29, 0.717) is 17.1 Å². The van der Waals surface area contributed by atoms with Gasteiger partial charge in [-0.1, -0.05) is 41.9 Å². The van der Waals surface area contributed by atoms with Crippen molar-refractivity contribution in [2.45, 2.75) is 32.2 Å². The number of nitrogens with one attached hydrogen (secondary N) is 1. The molecule has 1 heterocycles. The summed E-state index contributed by atoms with van der Waals surface area (Å²) in [5, 5.41) is 8.06. The Morgan fingerprint density at radius 2 is 1.96 bits per heavy atom. The highest BCUT2D eigenvalue weighted by molar-refractivity contribution is 6.31. The van der Waals surface area contributed by atoms with Crippen LogP contribution in [0.2, 0.25) is 5.02 Å². The molecule has 0 spiro atoms. The van der Waals surface area contributed by atoms with Gasteiger partial charge in [-0.25, -0.2) is 0 Å². The number of halogens is 1. The number of rotatable bonds is 4. The number of carbonyl (C=O) groups excluding carboxylic acids is 1. The maximum atomic E-state index is 12.6. The van der Waals surface area contributed by atoms with Crippen LogP contribution in [0.3, 0.4) is 0 Å². The Kier molecular flexibility index (Phi) is 4.76. The van der Waals surface area contributed by atoms with Gasteiger partial charge in [-0.15, -0.1) is 0 Å². The Labute approximate surface area is 157 Å². The lowest BCUT2D eigenvalue weighted by atomic mass is 9.90. The van der Waals surface area contributed by atoms with Crippen molar-refractivity contribution in [3.8, 4) is 0 Å². The van der Waals surface area contributed by atoms with Gasteiger partial charge in [0.25, 0.3) is 5.91 Å². The van der Waals surface area contributed by atoms with Crippen LogP contribution in [-0.4, -0.2) is 15.7 Å². The number of aromatic nitrogens is 2. The third-order valence-corrected chi connectivity index (χ3v) is 5.20. The maximum Gasteiger partial charge on any atom is 0.258 e. The summed E-state index contributed by atoms with van der Waals surface area (Å²) in [5.41, 5.74) is 5.07. The highest BCUT2D eigenvalue weighted by Gasteiger charge is 2.16. The van der Waals surface area contributed by atoms with Crippen LogP contribution in [0.15, 0.2) is 54.9 Å². The summed E-state index contributed by atoms with van der Waals surface area (Å²) in [4.78, 5) is 12.6. The minimum absolute atomic E-state index is 0.130. The third kappa shape index (κ3) is 3.51. The number of nitrogens with zero attached hydrogens (tertiary/aromatic N) is 2. The molecular weight excluding hydrogens is 346 g/mol. The molecule has 2 aromatic carbocycles. The summed E-state index contributed by atoms with van der Waals surface area (Å²) < 4.78 is 1.73. The Balaban J connectivity index is 1.50. The van der Waals surface area contributed by atoms with Crippen LogP contribution >= 0.6 is 11.6 Å². The third-order valence-electron chi connectivity index (χ3n) is 4.83. The molecule has 132 valence electrons. The summed E-state index contributed by atoms with van der Waals surface area (Å²) in [6.07, 6.45) is 7.87. The zero-order valence-electron chi connectivity index (χ0n) is 14.4. The van der Waals surface area contributed by atoms with E-state index in [1.165, 1.54) is 24.0 Å². The van der Waals surface area contributed by atoms with Gasteiger partial charge >= 0.3 is 0 Å². The van der Waals surface area contributed by atoms with Crippen molar-refractivity contribution in [1.82, 2.24) is 9.78 Å². The zero-order valence-corrected chi connectivity index (χ0v) is 15.2. The summed E-state index contributed by atoms with van der Waals surface area (Å²) in [6.45, 7) is 0.535. The van der Waals surface area contributed by atoms with E-state index in [1.54, 1.807) is 17.1 Å². The molecule has 4 rings (SSSR count). The van der Waals surface area contributed by atoms with Crippen molar-refractivity contribution in [2.75, 3.05) is 5.32 Å². The van der Waals surface area contributed by atoms with Crippen molar-refractivity contribution in [3.05, 3.63) is 82.1 Å². The van der Waals surface area contributed by atoms with Gasteiger partial charge in [0.2, 0.25) is 0 Å². The van der Waals surface area contributed by atoms with Crippen molar-refractivity contribution < 1.29 is 4.79 Å². The Bertz CT molecular complexity index is 948. The first-order valence-electron chi connectivity index (χ1n) is 8.89. The summed E-state index contributed by atoms with van der Waals surface area (Å²) >= 11 is 6.20. The number of anilines is 1.